The number of hydrogen-bond donors (Lipinski definition) is 1. The van der Waals surface area contributed by atoms with Crippen molar-refractivity contribution < 1.29 is 0 Å². The zero-order valence-corrected chi connectivity index (χ0v) is 11.8. The lowest BCUT2D eigenvalue weighted by molar-refractivity contribution is 0.0292. The van der Waals surface area contributed by atoms with E-state index in [-0.39, 0.29) is 0 Å². The van der Waals surface area contributed by atoms with Gasteiger partial charge in [-0.05, 0) is 51.6 Å². The first-order valence-electron chi connectivity index (χ1n) is 7.02. The molecule has 1 rings (SSSR count). The molecule has 1 fully saturated rings. The van der Waals surface area contributed by atoms with Crippen LogP contribution in [0.15, 0.2) is 0 Å². The lowest BCUT2D eigenvalue weighted by Gasteiger charge is -2.47. The van der Waals surface area contributed by atoms with Crippen molar-refractivity contribution in [2.24, 2.45) is 11.8 Å². The van der Waals surface area contributed by atoms with E-state index in [1.165, 1.54) is 25.9 Å². The summed E-state index contributed by atoms with van der Waals surface area (Å²) in [4.78, 5) is 2.72. The summed E-state index contributed by atoms with van der Waals surface area (Å²) in [5, 5.41) is 3.50. The molecular weight excluding hydrogens is 196 g/mol. The summed E-state index contributed by atoms with van der Waals surface area (Å²) in [6.07, 6.45) is 2.82. The molecule has 2 atom stereocenters. The van der Waals surface area contributed by atoms with E-state index in [4.69, 9.17) is 0 Å². The van der Waals surface area contributed by atoms with Gasteiger partial charge in [-0.1, -0.05) is 20.8 Å². The average molecular weight is 226 g/mol. The Kier molecular flexibility index (Phi) is 5.77. The van der Waals surface area contributed by atoms with E-state index >= 15 is 0 Å². The third-order valence-corrected chi connectivity index (χ3v) is 3.70. The van der Waals surface area contributed by atoms with Crippen LogP contribution in [0.5, 0.6) is 0 Å². The highest BCUT2D eigenvalue weighted by Gasteiger charge is 2.36. The van der Waals surface area contributed by atoms with Crippen molar-refractivity contribution in [1.82, 2.24) is 10.2 Å². The van der Waals surface area contributed by atoms with Gasteiger partial charge >= 0.3 is 0 Å². The topological polar surface area (TPSA) is 15.3 Å². The highest BCUT2D eigenvalue weighted by molar-refractivity contribution is 4.91. The van der Waals surface area contributed by atoms with Crippen molar-refractivity contribution in [2.45, 2.75) is 59.5 Å². The van der Waals surface area contributed by atoms with E-state index in [0.29, 0.717) is 6.04 Å². The maximum Gasteiger partial charge on any atom is 0.0139 e. The van der Waals surface area contributed by atoms with Crippen LogP contribution in [0.3, 0.4) is 0 Å². The second kappa shape index (κ2) is 6.61. The Morgan fingerprint density at radius 1 is 1.19 bits per heavy atom. The van der Waals surface area contributed by atoms with Gasteiger partial charge < -0.3 is 5.32 Å². The molecule has 0 aromatic heterocycles. The Hall–Kier alpha value is -0.0800. The standard InChI is InChI=1S/C14H30N2/c1-6-15-9-13-7-8-14(13)16(12(4)5)10-11(2)3/h11-15H,6-10H2,1-5H3. The van der Waals surface area contributed by atoms with Crippen LogP contribution in [0.1, 0.15) is 47.5 Å². The third kappa shape index (κ3) is 3.74. The van der Waals surface area contributed by atoms with Gasteiger partial charge in [-0.25, -0.2) is 0 Å². The molecule has 0 radical (unpaired) electrons. The van der Waals surface area contributed by atoms with Gasteiger partial charge in [-0.3, -0.25) is 4.90 Å². The number of hydrogen-bond acceptors (Lipinski definition) is 2. The van der Waals surface area contributed by atoms with E-state index in [1.807, 2.05) is 0 Å². The smallest absolute Gasteiger partial charge is 0.0139 e. The van der Waals surface area contributed by atoms with Crippen LogP contribution >= 0.6 is 0 Å². The molecule has 1 N–H and O–H groups in total. The SMILES string of the molecule is CCNCC1CCC1N(CC(C)C)C(C)C. The average Bonchev–Trinajstić information content (AvgIpc) is 2.15. The van der Waals surface area contributed by atoms with E-state index in [9.17, 15) is 0 Å². The Morgan fingerprint density at radius 3 is 2.25 bits per heavy atom. The zero-order valence-electron chi connectivity index (χ0n) is 11.8. The maximum atomic E-state index is 3.50. The monoisotopic (exact) mass is 226 g/mol. The highest BCUT2D eigenvalue weighted by atomic mass is 15.2. The number of rotatable bonds is 7. The molecule has 0 spiro atoms. The van der Waals surface area contributed by atoms with Gasteiger partial charge in [0.05, 0.1) is 0 Å². The molecule has 0 aromatic rings. The van der Waals surface area contributed by atoms with Crippen molar-refractivity contribution in [3.63, 3.8) is 0 Å². The lowest BCUT2D eigenvalue weighted by Crippen LogP contribution is -2.53. The highest BCUT2D eigenvalue weighted by Crippen LogP contribution is 2.33. The summed E-state index contributed by atoms with van der Waals surface area (Å²) in [7, 11) is 0. The molecule has 1 aliphatic rings. The van der Waals surface area contributed by atoms with Gasteiger partial charge in [-0.2, -0.15) is 0 Å². The normalized spacial score (nSPS) is 25.5. The quantitative estimate of drug-likeness (QED) is 0.718. The fourth-order valence-electron chi connectivity index (χ4n) is 2.71. The van der Waals surface area contributed by atoms with E-state index in [0.717, 1.165) is 24.4 Å². The Labute approximate surface area is 102 Å². The minimum Gasteiger partial charge on any atom is -0.317 e. The van der Waals surface area contributed by atoms with Crippen LogP contribution in [0.25, 0.3) is 0 Å². The van der Waals surface area contributed by atoms with Crippen LogP contribution in [-0.4, -0.2) is 36.6 Å². The Morgan fingerprint density at radius 2 is 1.88 bits per heavy atom. The molecule has 2 unspecified atom stereocenters. The van der Waals surface area contributed by atoms with Crippen molar-refractivity contribution >= 4 is 0 Å². The summed E-state index contributed by atoms with van der Waals surface area (Å²) in [5.41, 5.74) is 0. The van der Waals surface area contributed by atoms with Gasteiger partial charge in [0.2, 0.25) is 0 Å². The first-order chi connectivity index (χ1) is 7.56. The molecule has 0 heterocycles. The minimum atomic E-state index is 0.692. The molecule has 0 saturated heterocycles. The van der Waals surface area contributed by atoms with Crippen molar-refractivity contribution in [1.29, 1.82) is 0 Å². The largest absolute Gasteiger partial charge is 0.317 e. The number of nitrogens with one attached hydrogen (secondary N) is 1. The van der Waals surface area contributed by atoms with Gasteiger partial charge in [0.15, 0.2) is 0 Å². The second-order valence-electron chi connectivity index (χ2n) is 5.90. The van der Waals surface area contributed by atoms with E-state index in [2.05, 4.69) is 44.8 Å². The molecule has 0 aromatic carbocycles. The van der Waals surface area contributed by atoms with Gasteiger partial charge in [0.1, 0.15) is 0 Å². The summed E-state index contributed by atoms with van der Waals surface area (Å²) >= 11 is 0. The van der Waals surface area contributed by atoms with Gasteiger partial charge in [-0.15, -0.1) is 0 Å². The fraction of sp³-hybridized carbons (Fsp3) is 1.00. The van der Waals surface area contributed by atoms with Crippen LogP contribution in [0.4, 0.5) is 0 Å². The van der Waals surface area contributed by atoms with Crippen LogP contribution in [-0.2, 0) is 0 Å². The maximum absolute atomic E-state index is 3.50. The molecule has 0 aliphatic heterocycles. The van der Waals surface area contributed by atoms with Crippen LogP contribution in [0.2, 0.25) is 0 Å². The first-order valence-corrected chi connectivity index (χ1v) is 7.02. The van der Waals surface area contributed by atoms with Gasteiger partial charge in [0.25, 0.3) is 0 Å². The summed E-state index contributed by atoms with van der Waals surface area (Å²) < 4.78 is 0. The molecule has 2 heteroatoms. The molecule has 1 saturated carbocycles. The number of nitrogens with zero attached hydrogens (tertiary/aromatic N) is 1. The molecule has 96 valence electrons. The van der Waals surface area contributed by atoms with E-state index < -0.39 is 0 Å². The Bertz CT molecular complexity index is 189. The van der Waals surface area contributed by atoms with Crippen molar-refractivity contribution in [3.05, 3.63) is 0 Å². The lowest BCUT2D eigenvalue weighted by atomic mass is 9.77. The minimum absolute atomic E-state index is 0.692. The predicted octanol–water partition coefficient (Wildman–Crippen LogP) is 2.74. The van der Waals surface area contributed by atoms with Gasteiger partial charge in [0, 0.05) is 18.6 Å². The summed E-state index contributed by atoms with van der Waals surface area (Å²) in [6.45, 7) is 15.1. The molecule has 16 heavy (non-hydrogen) atoms. The zero-order chi connectivity index (χ0) is 12.1. The predicted molar refractivity (Wildman–Crippen MR) is 71.7 cm³/mol. The fourth-order valence-corrected chi connectivity index (χ4v) is 2.71. The molecule has 2 nitrogen and oxygen atoms in total. The molecular formula is C14H30N2. The van der Waals surface area contributed by atoms with Crippen molar-refractivity contribution in [2.75, 3.05) is 19.6 Å². The third-order valence-electron chi connectivity index (χ3n) is 3.70. The summed E-state index contributed by atoms with van der Waals surface area (Å²) in [5.74, 6) is 1.67. The summed E-state index contributed by atoms with van der Waals surface area (Å²) in [6, 6.07) is 1.53. The first kappa shape index (κ1) is 14.0. The molecule has 0 amide bonds. The van der Waals surface area contributed by atoms with Crippen molar-refractivity contribution in [3.8, 4) is 0 Å². The Balaban J connectivity index is 2.44. The van der Waals surface area contributed by atoms with E-state index in [1.54, 1.807) is 0 Å². The molecule has 0 bridgehead atoms. The second-order valence-corrected chi connectivity index (χ2v) is 5.90. The molecule has 1 aliphatic carbocycles. The van der Waals surface area contributed by atoms with Crippen LogP contribution < -0.4 is 5.32 Å². The van der Waals surface area contributed by atoms with Crippen LogP contribution in [0, 0.1) is 11.8 Å².